The lowest BCUT2D eigenvalue weighted by atomic mass is 9.99. The third-order valence-corrected chi connectivity index (χ3v) is 2.03. The van der Waals surface area contributed by atoms with E-state index < -0.39 is 0 Å². The van der Waals surface area contributed by atoms with Gasteiger partial charge in [-0.2, -0.15) is 0 Å². The minimum absolute atomic E-state index is 0.0492. The van der Waals surface area contributed by atoms with Crippen LogP contribution >= 0.6 is 11.6 Å². The highest BCUT2D eigenvalue weighted by Crippen LogP contribution is 2.17. The van der Waals surface area contributed by atoms with E-state index in [0.29, 0.717) is 18.9 Å². The number of halogens is 1. The Morgan fingerprint density at radius 3 is 3.08 bits per heavy atom. The summed E-state index contributed by atoms with van der Waals surface area (Å²) < 4.78 is 9.84. The molecule has 1 fully saturated rings. The van der Waals surface area contributed by atoms with E-state index >= 15 is 0 Å². The lowest BCUT2D eigenvalue weighted by molar-refractivity contribution is -0.143. The quantitative estimate of drug-likeness (QED) is 0.503. The molecule has 0 aromatic rings. The average Bonchev–Trinajstić information content (AvgIpc) is 2.06. The molecule has 1 aliphatic rings. The van der Waals surface area contributed by atoms with Gasteiger partial charge in [0.15, 0.2) is 6.07 Å². The number of rotatable bonds is 3. The molecule has 0 amide bonds. The van der Waals surface area contributed by atoms with Crippen molar-refractivity contribution in [2.75, 3.05) is 19.3 Å². The zero-order valence-corrected chi connectivity index (χ0v) is 7.68. The maximum atomic E-state index is 10.9. The van der Waals surface area contributed by atoms with Crippen molar-refractivity contribution >= 4 is 17.6 Å². The highest BCUT2D eigenvalue weighted by molar-refractivity contribution is 6.17. The Morgan fingerprint density at radius 1 is 1.67 bits per heavy atom. The summed E-state index contributed by atoms with van der Waals surface area (Å²) in [5, 5.41) is 0. The van der Waals surface area contributed by atoms with Crippen LogP contribution in [0.15, 0.2) is 0 Å². The van der Waals surface area contributed by atoms with Gasteiger partial charge in [0, 0.05) is 13.2 Å². The molecule has 4 heteroatoms. The Hall–Kier alpha value is -0.280. The van der Waals surface area contributed by atoms with Crippen LogP contribution in [-0.2, 0) is 14.3 Å². The molecule has 0 spiro atoms. The van der Waals surface area contributed by atoms with Gasteiger partial charge in [0.25, 0.3) is 0 Å². The molecule has 1 heterocycles. The molecule has 1 aliphatic heterocycles. The Balaban J connectivity index is 2.15. The molecule has 0 N–H and O–H groups in total. The first kappa shape index (κ1) is 9.81. The fraction of sp³-hybridized carbons (Fsp3) is 0.875. The second kappa shape index (κ2) is 5.38. The van der Waals surface area contributed by atoms with E-state index in [-0.39, 0.29) is 12.0 Å². The van der Waals surface area contributed by atoms with Crippen molar-refractivity contribution < 1.29 is 14.3 Å². The second-order valence-corrected chi connectivity index (χ2v) is 3.13. The van der Waals surface area contributed by atoms with Crippen LogP contribution in [0.5, 0.6) is 0 Å². The summed E-state index contributed by atoms with van der Waals surface area (Å²) in [5.74, 6) is 0.106. The highest BCUT2D eigenvalue weighted by atomic mass is 35.5. The first-order valence-corrected chi connectivity index (χ1v) is 4.65. The zero-order valence-electron chi connectivity index (χ0n) is 6.92. The van der Waals surface area contributed by atoms with E-state index in [1.807, 2.05) is 0 Å². The molecule has 1 unspecified atom stereocenters. The van der Waals surface area contributed by atoms with Crippen molar-refractivity contribution in [2.45, 2.75) is 19.3 Å². The molecule has 0 aromatic heterocycles. The number of alkyl halides is 1. The molecular formula is C8H13ClO3. The maximum absolute atomic E-state index is 10.9. The van der Waals surface area contributed by atoms with Gasteiger partial charge in [-0.15, -0.1) is 0 Å². The van der Waals surface area contributed by atoms with Crippen LogP contribution in [0.25, 0.3) is 0 Å². The normalized spacial score (nSPS) is 23.6. The first-order valence-electron chi connectivity index (χ1n) is 4.12. The molecule has 70 valence electrons. The number of esters is 1. The van der Waals surface area contributed by atoms with Crippen molar-refractivity contribution in [3.05, 3.63) is 0 Å². The standard InChI is InChI=1S/C8H13ClO3/c9-6-12-8(10)4-7-2-1-3-11-5-7/h7H,1-6H2. The fourth-order valence-electron chi connectivity index (χ4n) is 1.32. The molecule has 3 nitrogen and oxygen atoms in total. The Bertz CT molecular complexity index is 143. The van der Waals surface area contributed by atoms with Crippen molar-refractivity contribution in [1.29, 1.82) is 0 Å². The number of carbonyl (C=O) groups excluding carboxylic acids is 1. The van der Waals surface area contributed by atoms with E-state index in [1.165, 1.54) is 0 Å². The van der Waals surface area contributed by atoms with E-state index in [0.717, 1.165) is 19.4 Å². The van der Waals surface area contributed by atoms with Crippen LogP contribution in [-0.4, -0.2) is 25.2 Å². The van der Waals surface area contributed by atoms with Gasteiger partial charge in [-0.3, -0.25) is 4.79 Å². The molecule has 0 bridgehead atoms. The zero-order chi connectivity index (χ0) is 8.81. The van der Waals surface area contributed by atoms with Crippen LogP contribution in [0.4, 0.5) is 0 Å². The lowest BCUT2D eigenvalue weighted by Gasteiger charge is -2.20. The van der Waals surface area contributed by atoms with Crippen molar-refractivity contribution in [3.63, 3.8) is 0 Å². The Kier molecular flexibility index (Phi) is 4.40. The Labute approximate surface area is 77.0 Å². The fourth-order valence-corrected chi connectivity index (χ4v) is 1.45. The van der Waals surface area contributed by atoms with Gasteiger partial charge in [-0.25, -0.2) is 0 Å². The van der Waals surface area contributed by atoms with Crippen LogP contribution in [0.1, 0.15) is 19.3 Å². The minimum atomic E-state index is -0.222. The molecule has 0 saturated carbocycles. The van der Waals surface area contributed by atoms with Gasteiger partial charge in [-0.1, -0.05) is 11.6 Å². The lowest BCUT2D eigenvalue weighted by Crippen LogP contribution is -2.21. The number of ether oxygens (including phenoxy) is 2. The monoisotopic (exact) mass is 192 g/mol. The summed E-state index contributed by atoms with van der Waals surface area (Å²) in [4.78, 5) is 10.9. The van der Waals surface area contributed by atoms with Gasteiger partial charge in [-0.05, 0) is 18.8 Å². The topological polar surface area (TPSA) is 35.5 Å². The minimum Gasteiger partial charge on any atom is -0.449 e. The SMILES string of the molecule is O=C(CC1CCCOC1)OCCl. The van der Waals surface area contributed by atoms with Crippen LogP contribution < -0.4 is 0 Å². The molecule has 0 aliphatic carbocycles. The van der Waals surface area contributed by atoms with Gasteiger partial charge >= 0.3 is 5.97 Å². The number of hydrogen-bond donors (Lipinski definition) is 0. The van der Waals surface area contributed by atoms with Crippen LogP contribution in [0.3, 0.4) is 0 Å². The molecule has 12 heavy (non-hydrogen) atoms. The summed E-state index contributed by atoms with van der Waals surface area (Å²) >= 11 is 5.24. The maximum Gasteiger partial charge on any atom is 0.307 e. The van der Waals surface area contributed by atoms with Gasteiger partial charge < -0.3 is 9.47 Å². The third kappa shape index (κ3) is 3.41. The van der Waals surface area contributed by atoms with Crippen molar-refractivity contribution in [3.8, 4) is 0 Å². The molecule has 1 atom stereocenters. The number of hydrogen-bond acceptors (Lipinski definition) is 3. The second-order valence-electron chi connectivity index (χ2n) is 2.91. The van der Waals surface area contributed by atoms with E-state index in [2.05, 4.69) is 4.74 Å². The summed E-state index contributed by atoms with van der Waals surface area (Å²) in [5.41, 5.74) is 0. The third-order valence-electron chi connectivity index (χ3n) is 1.93. The summed E-state index contributed by atoms with van der Waals surface area (Å²) in [6.45, 7) is 1.50. The van der Waals surface area contributed by atoms with Crippen molar-refractivity contribution in [1.82, 2.24) is 0 Å². The smallest absolute Gasteiger partial charge is 0.307 e. The van der Waals surface area contributed by atoms with Gasteiger partial charge in [0.1, 0.15) is 0 Å². The largest absolute Gasteiger partial charge is 0.449 e. The molecule has 1 saturated heterocycles. The van der Waals surface area contributed by atoms with E-state index in [1.54, 1.807) is 0 Å². The average molecular weight is 193 g/mol. The van der Waals surface area contributed by atoms with Gasteiger partial charge in [0.2, 0.25) is 0 Å². The van der Waals surface area contributed by atoms with E-state index in [9.17, 15) is 4.79 Å². The Morgan fingerprint density at radius 2 is 2.50 bits per heavy atom. The molecule has 0 aromatic carbocycles. The van der Waals surface area contributed by atoms with Crippen LogP contribution in [0, 0.1) is 5.92 Å². The van der Waals surface area contributed by atoms with Crippen molar-refractivity contribution in [2.24, 2.45) is 5.92 Å². The summed E-state index contributed by atoms with van der Waals surface area (Å²) in [6, 6.07) is -0.0492. The summed E-state index contributed by atoms with van der Waals surface area (Å²) in [6.07, 6.45) is 2.53. The molecule has 0 radical (unpaired) electrons. The van der Waals surface area contributed by atoms with Gasteiger partial charge in [0.05, 0.1) is 6.42 Å². The van der Waals surface area contributed by atoms with E-state index in [4.69, 9.17) is 16.3 Å². The summed E-state index contributed by atoms with van der Waals surface area (Å²) in [7, 11) is 0. The molecule has 1 rings (SSSR count). The number of carbonyl (C=O) groups is 1. The molecular weight excluding hydrogens is 180 g/mol. The predicted molar refractivity (Wildman–Crippen MR) is 45.0 cm³/mol. The first-order chi connectivity index (χ1) is 5.83. The predicted octanol–water partition coefficient (Wildman–Crippen LogP) is 1.54. The van der Waals surface area contributed by atoms with Crippen LogP contribution in [0.2, 0.25) is 0 Å². The highest BCUT2D eigenvalue weighted by Gasteiger charge is 2.17.